The Labute approximate surface area is 99.3 Å². The molecule has 0 aliphatic heterocycles. The Morgan fingerprint density at radius 3 is 2.53 bits per heavy atom. The van der Waals surface area contributed by atoms with E-state index in [0.717, 1.165) is 0 Å². The number of nitrogens with one attached hydrogen (secondary N) is 3. The molecule has 0 saturated carbocycles. The van der Waals surface area contributed by atoms with Crippen molar-refractivity contribution in [3.8, 4) is 0 Å². The van der Waals surface area contributed by atoms with E-state index in [1.54, 1.807) is 31.2 Å². The van der Waals surface area contributed by atoms with Crippen molar-refractivity contribution in [3.05, 3.63) is 30.3 Å². The number of hydrogen-bond donors (Lipinski definition) is 3. The van der Waals surface area contributed by atoms with E-state index in [1.807, 2.05) is 6.07 Å². The molecule has 0 aliphatic carbocycles. The molecule has 6 heteroatoms. The number of rotatable bonds is 4. The summed E-state index contributed by atoms with van der Waals surface area (Å²) in [5.41, 5.74) is 5.06. The fourth-order valence-electron chi connectivity index (χ4n) is 1.04. The molecule has 1 aromatic rings. The SMILES string of the molecule is CCOCC(=O)NNC(=O)Nc1ccccc1. The molecule has 0 heterocycles. The van der Waals surface area contributed by atoms with Crippen LogP contribution in [0, 0.1) is 0 Å². The molecular formula is C11H15N3O3. The maximum atomic E-state index is 11.3. The Balaban J connectivity index is 2.24. The largest absolute Gasteiger partial charge is 0.372 e. The zero-order chi connectivity index (χ0) is 12.5. The van der Waals surface area contributed by atoms with Crippen molar-refractivity contribution in [2.24, 2.45) is 0 Å². The molecule has 1 rings (SSSR count). The Morgan fingerprint density at radius 2 is 1.88 bits per heavy atom. The van der Waals surface area contributed by atoms with Crippen molar-refractivity contribution < 1.29 is 14.3 Å². The highest BCUT2D eigenvalue weighted by atomic mass is 16.5. The topological polar surface area (TPSA) is 79.5 Å². The van der Waals surface area contributed by atoms with Gasteiger partial charge in [0.25, 0.3) is 5.91 Å². The summed E-state index contributed by atoms with van der Waals surface area (Å²) < 4.78 is 4.86. The number of benzene rings is 1. The summed E-state index contributed by atoms with van der Waals surface area (Å²) in [6, 6.07) is 8.39. The van der Waals surface area contributed by atoms with Gasteiger partial charge >= 0.3 is 6.03 Å². The van der Waals surface area contributed by atoms with Crippen molar-refractivity contribution in [1.29, 1.82) is 0 Å². The van der Waals surface area contributed by atoms with Crippen molar-refractivity contribution in [3.63, 3.8) is 0 Å². The Bertz CT molecular complexity index is 367. The van der Waals surface area contributed by atoms with Gasteiger partial charge in [0, 0.05) is 12.3 Å². The van der Waals surface area contributed by atoms with Gasteiger partial charge in [-0.05, 0) is 19.1 Å². The lowest BCUT2D eigenvalue weighted by Crippen LogP contribution is -2.45. The van der Waals surface area contributed by atoms with Crippen molar-refractivity contribution in [2.75, 3.05) is 18.5 Å². The molecule has 6 nitrogen and oxygen atoms in total. The van der Waals surface area contributed by atoms with E-state index in [-0.39, 0.29) is 6.61 Å². The van der Waals surface area contributed by atoms with E-state index in [1.165, 1.54) is 0 Å². The maximum absolute atomic E-state index is 11.3. The number of hydrogen-bond acceptors (Lipinski definition) is 3. The molecule has 3 N–H and O–H groups in total. The van der Waals surface area contributed by atoms with Gasteiger partial charge in [-0.2, -0.15) is 0 Å². The third kappa shape index (κ3) is 5.53. The minimum absolute atomic E-state index is 0.0812. The number of urea groups is 1. The van der Waals surface area contributed by atoms with Crippen LogP contribution in [0.5, 0.6) is 0 Å². The van der Waals surface area contributed by atoms with Crippen LogP contribution >= 0.6 is 0 Å². The third-order valence-corrected chi connectivity index (χ3v) is 1.78. The van der Waals surface area contributed by atoms with Gasteiger partial charge in [-0.1, -0.05) is 18.2 Å². The van der Waals surface area contributed by atoms with Gasteiger partial charge in [-0.25, -0.2) is 10.2 Å². The van der Waals surface area contributed by atoms with E-state index in [2.05, 4.69) is 16.2 Å². The van der Waals surface area contributed by atoms with Crippen LogP contribution in [0.1, 0.15) is 6.92 Å². The first-order chi connectivity index (χ1) is 8.22. The molecule has 0 bridgehead atoms. The summed E-state index contributed by atoms with van der Waals surface area (Å²) in [6.07, 6.45) is 0. The first-order valence-electron chi connectivity index (χ1n) is 5.21. The number of carbonyl (C=O) groups excluding carboxylic acids is 2. The Morgan fingerprint density at radius 1 is 1.18 bits per heavy atom. The fraction of sp³-hybridized carbons (Fsp3) is 0.273. The zero-order valence-electron chi connectivity index (χ0n) is 9.53. The minimum atomic E-state index is -0.513. The summed E-state index contributed by atoms with van der Waals surface area (Å²) in [5, 5.41) is 2.55. The van der Waals surface area contributed by atoms with E-state index in [9.17, 15) is 9.59 Å². The lowest BCUT2D eigenvalue weighted by atomic mass is 10.3. The van der Waals surface area contributed by atoms with Crippen LogP contribution in [0.3, 0.4) is 0 Å². The van der Waals surface area contributed by atoms with Gasteiger partial charge in [-0.15, -0.1) is 0 Å². The highest BCUT2D eigenvalue weighted by Crippen LogP contribution is 2.03. The predicted molar refractivity (Wildman–Crippen MR) is 63.2 cm³/mol. The summed E-state index contributed by atoms with van der Waals surface area (Å²) in [7, 11) is 0. The molecule has 0 spiro atoms. The number of ether oxygens (including phenoxy) is 1. The van der Waals surface area contributed by atoms with Crippen LogP contribution in [0.25, 0.3) is 0 Å². The van der Waals surface area contributed by atoms with Gasteiger partial charge in [-0.3, -0.25) is 10.2 Å². The number of anilines is 1. The monoisotopic (exact) mass is 237 g/mol. The summed E-state index contributed by atoms with van der Waals surface area (Å²) in [4.78, 5) is 22.4. The molecule has 0 atom stereocenters. The molecule has 92 valence electrons. The lowest BCUT2D eigenvalue weighted by molar-refractivity contribution is -0.126. The first-order valence-corrected chi connectivity index (χ1v) is 5.21. The average molecular weight is 237 g/mol. The van der Waals surface area contributed by atoms with Crippen LogP contribution < -0.4 is 16.2 Å². The molecular weight excluding hydrogens is 222 g/mol. The summed E-state index contributed by atoms with van der Waals surface area (Å²) >= 11 is 0. The van der Waals surface area contributed by atoms with E-state index >= 15 is 0 Å². The second-order valence-electron chi connectivity index (χ2n) is 3.13. The van der Waals surface area contributed by atoms with Crippen LogP contribution in [0.4, 0.5) is 10.5 Å². The van der Waals surface area contributed by atoms with Gasteiger partial charge in [0.1, 0.15) is 6.61 Å². The van der Waals surface area contributed by atoms with Gasteiger partial charge in [0.15, 0.2) is 0 Å². The summed E-state index contributed by atoms with van der Waals surface area (Å²) in [5.74, 6) is -0.407. The molecule has 0 fully saturated rings. The van der Waals surface area contributed by atoms with Crippen LogP contribution in [-0.4, -0.2) is 25.2 Å². The quantitative estimate of drug-likeness (QED) is 0.680. The Kier molecular flexibility index (Phi) is 5.53. The molecule has 0 aromatic heterocycles. The van der Waals surface area contributed by atoms with Crippen molar-refractivity contribution in [2.45, 2.75) is 6.92 Å². The van der Waals surface area contributed by atoms with Crippen molar-refractivity contribution in [1.82, 2.24) is 10.9 Å². The lowest BCUT2D eigenvalue weighted by Gasteiger charge is -2.08. The van der Waals surface area contributed by atoms with Crippen molar-refractivity contribution >= 4 is 17.6 Å². The minimum Gasteiger partial charge on any atom is -0.372 e. The van der Waals surface area contributed by atoms with E-state index in [0.29, 0.717) is 12.3 Å². The Hall–Kier alpha value is -2.08. The number of hydrazine groups is 1. The molecule has 3 amide bonds. The number of amides is 3. The molecule has 1 aromatic carbocycles. The first kappa shape index (κ1) is 13.0. The highest BCUT2D eigenvalue weighted by Gasteiger charge is 2.03. The smallest absolute Gasteiger partial charge is 0.337 e. The molecule has 0 unspecified atom stereocenters. The highest BCUT2D eigenvalue weighted by molar-refractivity contribution is 5.90. The number of para-hydroxylation sites is 1. The molecule has 0 radical (unpaired) electrons. The second kappa shape index (κ2) is 7.24. The molecule has 0 aliphatic rings. The van der Waals surface area contributed by atoms with Crippen LogP contribution in [0.15, 0.2) is 30.3 Å². The van der Waals surface area contributed by atoms with Gasteiger partial charge in [0.05, 0.1) is 0 Å². The van der Waals surface area contributed by atoms with Gasteiger partial charge < -0.3 is 10.1 Å². The predicted octanol–water partition coefficient (Wildman–Crippen LogP) is 0.876. The normalized spacial score (nSPS) is 9.47. The summed E-state index contributed by atoms with van der Waals surface area (Å²) in [6.45, 7) is 2.15. The average Bonchev–Trinajstić information content (AvgIpc) is 2.35. The zero-order valence-corrected chi connectivity index (χ0v) is 9.53. The van der Waals surface area contributed by atoms with E-state index < -0.39 is 11.9 Å². The van der Waals surface area contributed by atoms with Gasteiger partial charge in [0.2, 0.25) is 0 Å². The second-order valence-corrected chi connectivity index (χ2v) is 3.13. The molecule has 17 heavy (non-hydrogen) atoms. The number of carbonyl (C=O) groups is 2. The molecule has 0 saturated heterocycles. The van der Waals surface area contributed by atoms with Crippen LogP contribution in [0.2, 0.25) is 0 Å². The van der Waals surface area contributed by atoms with Crippen LogP contribution in [-0.2, 0) is 9.53 Å². The van der Waals surface area contributed by atoms with E-state index in [4.69, 9.17) is 4.74 Å². The maximum Gasteiger partial charge on any atom is 0.337 e. The third-order valence-electron chi connectivity index (χ3n) is 1.78. The fourth-order valence-corrected chi connectivity index (χ4v) is 1.04. The standard InChI is InChI=1S/C11H15N3O3/c1-2-17-8-10(15)13-14-11(16)12-9-6-4-3-5-7-9/h3-7H,2,8H2,1H3,(H,13,15)(H2,12,14,16).